The zero-order valence-electron chi connectivity index (χ0n) is 21.9. The van der Waals surface area contributed by atoms with Crippen LogP contribution >= 0.6 is 0 Å². The molecule has 219 valence electrons. The third-order valence-electron chi connectivity index (χ3n) is 5.02. The first-order valence-corrected chi connectivity index (χ1v) is 11.7. The van der Waals surface area contributed by atoms with E-state index in [0.717, 1.165) is 0 Å². The van der Waals surface area contributed by atoms with Crippen LogP contribution in [-0.4, -0.2) is 24.2 Å². The molecule has 0 N–H and O–H groups in total. The standard InChI is InChI=1S/2C10H8FN2.C8H4F3N4.Ir/c2*1-12-5-6-13(8-12)10-4-2-3-9(11)7-10;9-8(10,11)7-13-6(14-15-7)5-3-1-2-4-12-5;/h2*2-3,5-7H,1H3;1-4H;/q3*-1;. The van der Waals surface area contributed by atoms with E-state index in [2.05, 4.69) is 45.0 Å². The summed E-state index contributed by atoms with van der Waals surface area (Å²) in [5, 5.41) is 6.25. The Morgan fingerprint density at radius 3 is 1.76 bits per heavy atom. The Morgan fingerprint density at radius 1 is 0.833 bits per heavy atom. The van der Waals surface area contributed by atoms with Crippen molar-refractivity contribution >= 4 is 0 Å². The number of nitrogens with zero attached hydrogens (tertiary/aromatic N) is 8. The van der Waals surface area contributed by atoms with E-state index in [9.17, 15) is 22.0 Å². The van der Waals surface area contributed by atoms with Crippen molar-refractivity contribution in [1.82, 2.24) is 29.3 Å². The van der Waals surface area contributed by atoms with E-state index in [-0.39, 0.29) is 43.3 Å². The van der Waals surface area contributed by atoms with Crippen LogP contribution in [0.15, 0.2) is 85.6 Å². The Balaban J connectivity index is 0.000000171. The third-order valence-corrected chi connectivity index (χ3v) is 5.02. The maximum absolute atomic E-state index is 12.8. The fourth-order valence-corrected chi connectivity index (χ4v) is 3.17. The van der Waals surface area contributed by atoms with Crippen molar-refractivity contribution in [3.63, 3.8) is 0 Å². The summed E-state index contributed by atoms with van der Waals surface area (Å²) in [7, 11) is 3.71. The summed E-state index contributed by atoms with van der Waals surface area (Å²) in [5.41, 5.74) is 1.57. The number of aromatic nitrogens is 8. The Kier molecular flexibility index (Phi) is 10.9. The first kappa shape index (κ1) is 32.0. The fourth-order valence-electron chi connectivity index (χ4n) is 3.17. The summed E-state index contributed by atoms with van der Waals surface area (Å²) >= 11 is 0. The molecule has 0 spiro atoms. The Bertz CT molecular complexity index is 1610. The summed E-state index contributed by atoms with van der Waals surface area (Å²) in [6, 6.07) is 19.3. The molecule has 0 atom stereocenters. The van der Waals surface area contributed by atoms with E-state index < -0.39 is 12.0 Å². The van der Waals surface area contributed by atoms with Crippen LogP contribution in [0.25, 0.3) is 22.9 Å². The number of alkyl halides is 3. The molecule has 4 heterocycles. The fraction of sp³-hybridized carbons (Fsp3) is 0.107. The van der Waals surface area contributed by atoms with Crippen LogP contribution < -0.4 is 14.2 Å². The van der Waals surface area contributed by atoms with Crippen LogP contribution in [0.5, 0.6) is 0 Å². The minimum atomic E-state index is -4.57. The van der Waals surface area contributed by atoms with Gasteiger partial charge in [0, 0.05) is 62.7 Å². The number of pyridine rings is 1. The van der Waals surface area contributed by atoms with Crippen LogP contribution in [0.4, 0.5) is 22.0 Å². The molecule has 0 aliphatic heterocycles. The molecule has 0 bridgehead atoms. The molecular weight excluding hydrogens is 736 g/mol. The summed E-state index contributed by atoms with van der Waals surface area (Å²) in [6.45, 7) is 0. The van der Waals surface area contributed by atoms with E-state index in [1.165, 1.54) is 36.5 Å². The summed E-state index contributed by atoms with van der Waals surface area (Å²) in [4.78, 5) is 7.05. The molecule has 0 saturated carbocycles. The Hall–Kier alpha value is -4.55. The number of hydrogen-bond donors (Lipinski definition) is 0. The van der Waals surface area contributed by atoms with Crippen LogP contribution in [0.3, 0.4) is 0 Å². The van der Waals surface area contributed by atoms with Gasteiger partial charge in [0.25, 0.3) is 0 Å². The number of rotatable bonds is 3. The zero-order chi connectivity index (χ0) is 29.4. The van der Waals surface area contributed by atoms with Gasteiger partial charge < -0.3 is 28.4 Å². The molecule has 2 aromatic carbocycles. The molecule has 14 heteroatoms. The summed E-state index contributed by atoms with van der Waals surface area (Å²) in [5.74, 6) is -1.90. The predicted molar refractivity (Wildman–Crippen MR) is 133 cm³/mol. The van der Waals surface area contributed by atoms with Crippen LogP contribution in [0.1, 0.15) is 5.82 Å². The largest absolute Gasteiger partial charge is 0.429 e. The zero-order valence-corrected chi connectivity index (χ0v) is 24.3. The van der Waals surface area contributed by atoms with Crippen LogP contribution in [-0.2, 0) is 40.4 Å². The normalized spacial score (nSPS) is 10.5. The molecule has 8 nitrogen and oxygen atoms in total. The average Bonchev–Trinajstić information content (AvgIpc) is 3.71. The smallest absolute Gasteiger partial charge is 0.413 e. The van der Waals surface area contributed by atoms with Gasteiger partial charge in [0.1, 0.15) is 5.82 Å². The second kappa shape index (κ2) is 14.4. The van der Waals surface area contributed by atoms with Gasteiger partial charge in [-0.2, -0.15) is 37.4 Å². The summed E-state index contributed by atoms with van der Waals surface area (Å²) in [6.07, 6.45) is 10.0. The van der Waals surface area contributed by atoms with Gasteiger partial charge >= 0.3 is 6.18 Å². The molecular formula is C28H20F5IrN8-3. The number of aryl methyl sites for hydroxylation is 2. The van der Waals surface area contributed by atoms with Gasteiger partial charge in [-0.3, -0.25) is 10.1 Å². The quantitative estimate of drug-likeness (QED) is 0.158. The number of imidazole rings is 2. The Labute approximate surface area is 251 Å². The van der Waals surface area contributed by atoms with Crippen molar-refractivity contribution < 1.29 is 51.2 Å². The van der Waals surface area contributed by atoms with Crippen LogP contribution in [0, 0.1) is 36.4 Å². The summed E-state index contributed by atoms with van der Waals surface area (Å²) < 4.78 is 68.9. The van der Waals surface area contributed by atoms with E-state index in [1.807, 2.05) is 26.5 Å². The molecule has 1 radical (unpaired) electrons. The van der Waals surface area contributed by atoms with Gasteiger partial charge in [0.15, 0.2) is 0 Å². The Morgan fingerprint density at radius 2 is 1.38 bits per heavy atom. The van der Waals surface area contributed by atoms with Gasteiger partial charge in [0.2, 0.25) is 12.7 Å². The van der Waals surface area contributed by atoms with Crippen molar-refractivity contribution in [2.24, 2.45) is 14.1 Å². The molecule has 0 saturated heterocycles. The van der Waals surface area contributed by atoms with Crippen molar-refractivity contribution in [2.45, 2.75) is 6.18 Å². The van der Waals surface area contributed by atoms with Gasteiger partial charge in [-0.25, -0.2) is 8.78 Å². The topological polar surface area (TPSA) is 70.4 Å². The molecule has 0 aliphatic carbocycles. The molecule has 0 aliphatic rings. The third kappa shape index (κ3) is 8.98. The average molecular weight is 756 g/mol. The number of benzene rings is 2. The van der Waals surface area contributed by atoms with Crippen LogP contribution in [0.2, 0.25) is 0 Å². The maximum Gasteiger partial charge on any atom is 0.429 e. The van der Waals surface area contributed by atoms with Gasteiger partial charge in [-0.1, -0.05) is 17.4 Å². The van der Waals surface area contributed by atoms with Crippen molar-refractivity contribution in [2.75, 3.05) is 0 Å². The molecule has 42 heavy (non-hydrogen) atoms. The van der Waals surface area contributed by atoms with Crippen molar-refractivity contribution in [1.29, 1.82) is 0 Å². The second-order valence-corrected chi connectivity index (χ2v) is 8.21. The van der Waals surface area contributed by atoms with E-state index in [1.54, 1.807) is 54.9 Å². The van der Waals surface area contributed by atoms with Gasteiger partial charge in [0.05, 0.1) is 19.8 Å². The predicted octanol–water partition coefficient (Wildman–Crippen LogP) is 3.59. The number of halogens is 5. The molecule has 6 rings (SSSR count). The maximum atomic E-state index is 12.8. The second-order valence-electron chi connectivity index (χ2n) is 8.21. The van der Waals surface area contributed by atoms with E-state index >= 15 is 0 Å². The molecule has 0 amide bonds. The van der Waals surface area contributed by atoms with Crippen molar-refractivity contribution in [3.05, 3.63) is 128 Å². The molecule has 6 aromatic rings. The number of hydrogen-bond acceptors (Lipinski definition) is 3. The molecule has 0 unspecified atom stereocenters. The molecule has 0 fully saturated rings. The minimum Gasteiger partial charge on any atom is -0.413 e. The van der Waals surface area contributed by atoms with E-state index in [4.69, 9.17) is 0 Å². The monoisotopic (exact) mass is 756 g/mol. The minimum absolute atomic E-state index is 0. The molecule has 4 aromatic heterocycles. The van der Waals surface area contributed by atoms with E-state index in [0.29, 0.717) is 11.4 Å². The first-order valence-electron chi connectivity index (χ1n) is 11.7. The van der Waals surface area contributed by atoms with Gasteiger partial charge in [-0.15, -0.1) is 24.3 Å². The first-order chi connectivity index (χ1) is 19.6. The van der Waals surface area contributed by atoms with Gasteiger partial charge in [-0.05, 0) is 18.0 Å². The van der Waals surface area contributed by atoms with Crippen molar-refractivity contribution in [3.8, 4) is 22.9 Å². The SMILES string of the molecule is C[n+]1[c-]n(-c2[c-]ccc(F)c2)cc1.C[n+]1[c-]n(-c2[c-]ccc(F)c2)cc1.FC(F)(F)c1n[n-]c(-c2ccccn2)n1.[Ir].